The van der Waals surface area contributed by atoms with Crippen molar-refractivity contribution in [2.75, 3.05) is 6.67 Å². The second kappa shape index (κ2) is 17.2. The fourth-order valence-electron chi connectivity index (χ4n) is 9.35. The Morgan fingerprint density at radius 3 is 0.983 bits per heavy atom. The molecule has 58 heavy (non-hydrogen) atoms. The van der Waals surface area contributed by atoms with Crippen LogP contribution < -0.4 is 0 Å². The van der Waals surface area contributed by atoms with Crippen molar-refractivity contribution in [2.24, 2.45) is 0 Å². The Morgan fingerprint density at radius 2 is 0.690 bits per heavy atom. The molecule has 6 aromatic rings. The van der Waals surface area contributed by atoms with Crippen molar-refractivity contribution < 1.29 is 4.92 Å². The van der Waals surface area contributed by atoms with Crippen molar-refractivity contribution >= 4 is 0 Å². The highest BCUT2D eigenvalue weighted by Gasteiger charge is 2.62. The quantitative estimate of drug-likeness (QED) is 0.0859. The van der Waals surface area contributed by atoms with E-state index in [1.54, 1.807) is 0 Å². The molecule has 0 aliphatic carbocycles. The van der Waals surface area contributed by atoms with Crippen LogP contribution in [0.1, 0.15) is 33.4 Å². The van der Waals surface area contributed by atoms with Gasteiger partial charge in [0.1, 0.15) is 12.3 Å². The van der Waals surface area contributed by atoms with Gasteiger partial charge < -0.3 is 9.80 Å². The molecule has 3 aliphatic heterocycles. The summed E-state index contributed by atoms with van der Waals surface area (Å²) < 4.78 is 0. The topological polar surface area (TPSA) is 62.6 Å². The molecular weight excluding hydrogens is 719 g/mol. The molecule has 0 spiro atoms. The lowest BCUT2D eigenvalue weighted by atomic mass is 10.0. The largest absolute Gasteiger partial charge is 0.330 e. The number of nitro groups is 1. The molecule has 4 atom stereocenters. The van der Waals surface area contributed by atoms with Crippen LogP contribution in [0, 0.1) is 10.1 Å². The molecule has 0 amide bonds. The normalized spacial score (nSPS) is 22.0. The van der Waals surface area contributed by atoms with Crippen molar-refractivity contribution in [2.45, 2.75) is 63.9 Å². The number of hydrogen-bond acceptors (Lipinski definition) is 8. The van der Waals surface area contributed by atoms with Gasteiger partial charge in [0.05, 0.1) is 23.9 Å². The van der Waals surface area contributed by atoms with Crippen LogP contribution in [-0.2, 0) is 39.3 Å². The first-order valence-corrected chi connectivity index (χ1v) is 20.2. The third kappa shape index (κ3) is 8.03. The predicted molar refractivity (Wildman–Crippen MR) is 227 cm³/mol. The number of rotatable bonds is 13. The van der Waals surface area contributed by atoms with E-state index in [0.717, 1.165) is 30.9 Å². The molecular formula is C49H49N7O2. The second-order valence-corrected chi connectivity index (χ2v) is 15.6. The minimum Gasteiger partial charge on any atom is -0.330 e. The molecule has 9 heteroatoms. The van der Waals surface area contributed by atoms with Gasteiger partial charge in [-0.2, -0.15) is 0 Å². The van der Waals surface area contributed by atoms with Gasteiger partial charge in [0.25, 0.3) is 6.20 Å². The molecule has 9 nitrogen and oxygen atoms in total. The van der Waals surface area contributed by atoms with Gasteiger partial charge in [-0.05, 0) is 33.4 Å². The molecule has 0 bridgehead atoms. The number of benzene rings is 6. The lowest BCUT2D eigenvalue weighted by molar-refractivity contribution is -0.405. The SMILES string of the molecule is O=[N+]([O-])C=C1N(Cc2ccccc2)[C@H]2[C@@H](N1Cc1ccccc1)N(Cc1ccccc1)[C@@H]1[C@@H](N(Cc3ccccc3)CN1Cc1ccccc1)N2Cc1ccccc1. The van der Waals surface area contributed by atoms with E-state index in [4.69, 9.17) is 0 Å². The van der Waals surface area contributed by atoms with E-state index < -0.39 is 0 Å². The Hall–Kier alpha value is -6.10. The summed E-state index contributed by atoms with van der Waals surface area (Å²) in [5.74, 6) is 0.619. The number of hydrogen-bond donors (Lipinski definition) is 0. The Labute approximate surface area is 341 Å². The first kappa shape index (κ1) is 37.5. The van der Waals surface area contributed by atoms with Crippen molar-refractivity contribution in [3.8, 4) is 0 Å². The maximum absolute atomic E-state index is 12.8. The monoisotopic (exact) mass is 767 g/mol. The minimum atomic E-state index is -0.268. The molecule has 0 N–H and O–H groups in total. The minimum absolute atomic E-state index is 0.0686. The number of fused-ring (bicyclic) bond motifs is 2. The zero-order chi connectivity index (χ0) is 39.3. The first-order valence-electron chi connectivity index (χ1n) is 20.2. The van der Waals surface area contributed by atoms with Gasteiger partial charge in [-0.25, -0.2) is 0 Å². The highest BCUT2D eigenvalue weighted by atomic mass is 16.6. The zero-order valence-electron chi connectivity index (χ0n) is 32.6. The van der Waals surface area contributed by atoms with Gasteiger partial charge in [-0.3, -0.25) is 29.7 Å². The summed E-state index contributed by atoms with van der Waals surface area (Å²) >= 11 is 0. The molecule has 3 heterocycles. The molecule has 0 unspecified atom stereocenters. The number of nitrogens with zero attached hydrogens (tertiary/aromatic N) is 7. The van der Waals surface area contributed by atoms with E-state index in [2.05, 4.69) is 199 Å². The molecule has 0 radical (unpaired) electrons. The highest BCUT2D eigenvalue weighted by Crippen LogP contribution is 2.47. The Morgan fingerprint density at radius 1 is 0.414 bits per heavy atom. The van der Waals surface area contributed by atoms with Crippen LogP contribution in [0.4, 0.5) is 0 Å². The summed E-state index contributed by atoms with van der Waals surface area (Å²) in [7, 11) is 0. The van der Waals surface area contributed by atoms with Crippen LogP contribution in [0.2, 0.25) is 0 Å². The van der Waals surface area contributed by atoms with Crippen LogP contribution in [0.5, 0.6) is 0 Å². The van der Waals surface area contributed by atoms with Gasteiger partial charge in [0.2, 0.25) is 0 Å². The molecule has 3 aliphatic rings. The Balaban J connectivity index is 1.27. The third-order valence-corrected chi connectivity index (χ3v) is 11.7. The summed E-state index contributed by atoms with van der Waals surface area (Å²) in [6.07, 6.45) is 0.609. The van der Waals surface area contributed by atoms with Gasteiger partial charge in [-0.15, -0.1) is 0 Å². The van der Waals surface area contributed by atoms with Crippen LogP contribution in [-0.4, -0.2) is 65.7 Å². The van der Waals surface area contributed by atoms with Crippen LogP contribution in [0.15, 0.2) is 194 Å². The predicted octanol–water partition coefficient (Wildman–Crippen LogP) is 8.38. The van der Waals surface area contributed by atoms with E-state index in [1.165, 1.54) is 28.5 Å². The molecule has 6 aromatic carbocycles. The third-order valence-electron chi connectivity index (χ3n) is 11.7. The van der Waals surface area contributed by atoms with E-state index in [1.807, 2.05) is 12.1 Å². The van der Waals surface area contributed by atoms with Crippen molar-refractivity contribution in [1.29, 1.82) is 0 Å². The molecule has 0 aromatic heterocycles. The molecule has 3 saturated heterocycles. The molecule has 292 valence electrons. The summed E-state index contributed by atoms with van der Waals surface area (Å²) in [6, 6.07) is 63.8. The smallest absolute Gasteiger partial charge is 0.274 e. The lowest BCUT2D eigenvalue weighted by Crippen LogP contribution is -2.73. The fraction of sp³-hybridized carbons (Fsp3) is 0.224. The number of piperazine rings is 1. The lowest BCUT2D eigenvalue weighted by Gasteiger charge is -2.56. The molecule has 3 fully saturated rings. The molecule has 0 saturated carbocycles. The average Bonchev–Trinajstić information content (AvgIpc) is 3.75. The second-order valence-electron chi connectivity index (χ2n) is 15.6. The van der Waals surface area contributed by atoms with Crippen molar-refractivity contribution in [3.05, 3.63) is 238 Å². The van der Waals surface area contributed by atoms with Crippen molar-refractivity contribution in [1.82, 2.24) is 29.4 Å². The average molecular weight is 768 g/mol. The maximum atomic E-state index is 12.8. The zero-order valence-corrected chi connectivity index (χ0v) is 32.6. The Bertz CT molecular complexity index is 2110. The standard InChI is InChI=1S/C49H49N7O2/c57-56(58)37-45-52(33-41-23-11-3-12-24-41)48-49(53(45)34-42-25-13-4-14-26-42)55(36-44-29-17-6-18-30-44)47-46(54(48)35-43-27-15-5-16-28-43)50(31-39-19-7-1-8-20-39)38-51(47)32-40-21-9-2-10-22-40/h1-30,37,46-49H,31-36,38H2/t46-,47+,48+,49-. The van der Waals surface area contributed by atoms with Crippen LogP contribution in [0.3, 0.4) is 0 Å². The van der Waals surface area contributed by atoms with Gasteiger partial charge >= 0.3 is 0 Å². The summed E-state index contributed by atoms with van der Waals surface area (Å²) in [6.45, 7) is 4.65. The summed E-state index contributed by atoms with van der Waals surface area (Å²) in [5.41, 5.74) is 7.13. The summed E-state index contributed by atoms with van der Waals surface area (Å²) in [5, 5.41) is 12.8. The van der Waals surface area contributed by atoms with Gasteiger partial charge in [0.15, 0.2) is 5.82 Å². The van der Waals surface area contributed by atoms with Crippen molar-refractivity contribution in [3.63, 3.8) is 0 Å². The maximum Gasteiger partial charge on any atom is 0.274 e. The van der Waals surface area contributed by atoms with Crippen LogP contribution >= 0.6 is 0 Å². The van der Waals surface area contributed by atoms with Gasteiger partial charge in [-0.1, -0.05) is 182 Å². The highest BCUT2D eigenvalue weighted by molar-refractivity contribution is 5.27. The van der Waals surface area contributed by atoms with E-state index >= 15 is 0 Å². The Kier molecular flexibility index (Phi) is 11.1. The van der Waals surface area contributed by atoms with E-state index in [-0.39, 0.29) is 29.6 Å². The van der Waals surface area contributed by atoms with E-state index in [9.17, 15) is 10.1 Å². The van der Waals surface area contributed by atoms with E-state index in [0.29, 0.717) is 32.0 Å². The molecule has 9 rings (SSSR count). The van der Waals surface area contributed by atoms with Crippen LogP contribution in [0.25, 0.3) is 0 Å². The first-order chi connectivity index (χ1) is 28.6. The van der Waals surface area contributed by atoms with Gasteiger partial charge in [0, 0.05) is 39.3 Å². The fourth-order valence-corrected chi connectivity index (χ4v) is 9.35. The summed E-state index contributed by atoms with van der Waals surface area (Å²) in [4.78, 5) is 27.8.